The lowest BCUT2D eigenvalue weighted by atomic mass is 9.97. The summed E-state index contributed by atoms with van der Waals surface area (Å²) in [6.07, 6.45) is 0. The second-order valence-electron chi connectivity index (χ2n) is 1.80. The molecule has 0 aliphatic rings. The molecule has 0 saturated heterocycles. The van der Waals surface area contributed by atoms with E-state index in [2.05, 4.69) is 0 Å². The van der Waals surface area contributed by atoms with Gasteiger partial charge in [0.1, 0.15) is 13.7 Å². The molecule has 0 spiro atoms. The van der Waals surface area contributed by atoms with Gasteiger partial charge in [0, 0.05) is 0 Å². The van der Waals surface area contributed by atoms with Gasteiger partial charge in [-0.25, -0.2) is 34.5 Å². The van der Waals surface area contributed by atoms with E-state index in [0.29, 0.717) is 5.46 Å². The van der Waals surface area contributed by atoms with Crippen LogP contribution in [0.1, 0.15) is 0 Å². The molecule has 1 rings (SSSR count). The predicted octanol–water partition coefficient (Wildman–Crippen LogP) is 2.31. The second-order valence-corrected chi connectivity index (χ2v) is 8.23. The van der Waals surface area contributed by atoms with Crippen molar-refractivity contribution in [2.45, 2.75) is 0 Å². The van der Waals surface area contributed by atoms with E-state index < -0.39 is 11.4 Å². The van der Waals surface area contributed by atoms with Crippen LogP contribution in [-0.4, -0.2) is 19.2 Å². The van der Waals surface area contributed by atoms with Crippen LogP contribution in [0, 0.1) is 5.82 Å². The molecule has 0 aliphatic heterocycles. The number of benzene rings is 1. The molecule has 0 aliphatic carbocycles. The second kappa shape index (κ2) is 7.06. The average Bonchev–Trinajstić information content (AvgIpc) is 1.94. The van der Waals surface area contributed by atoms with Crippen LogP contribution in [-0.2, 0) is 0 Å². The molecule has 6 heteroatoms. The SMILES string of the molecule is [B]c1ccc(F)cc1.[Cl][Al]([Cl])[Cl]. The van der Waals surface area contributed by atoms with Crippen LogP contribution in [0.5, 0.6) is 0 Å². The van der Waals surface area contributed by atoms with Gasteiger partial charge in [0.15, 0.2) is 0 Å². The maximum Gasteiger partial charge on any atom is 0.643 e. The van der Waals surface area contributed by atoms with Crippen LogP contribution in [0.25, 0.3) is 0 Å². The highest BCUT2D eigenvalue weighted by Gasteiger charge is 2.00. The van der Waals surface area contributed by atoms with Crippen LogP contribution in [0.4, 0.5) is 4.39 Å². The van der Waals surface area contributed by atoms with Crippen molar-refractivity contribution in [2.75, 3.05) is 0 Å². The van der Waals surface area contributed by atoms with Gasteiger partial charge in [0.2, 0.25) is 0 Å². The topological polar surface area (TPSA) is 0 Å². The highest BCUT2D eigenvalue weighted by Crippen LogP contribution is 1.97. The van der Waals surface area contributed by atoms with Gasteiger partial charge in [0.25, 0.3) is 0 Å². The lowest BCUT2D eigenvalue weighted by Gasteiger charge is -1.87. The van der Waals surface area contributed by atoms with E-state index in [9.17, 15) is 4.39 Å². The van der Waals surface area contributed by atoms with Gasteiger partial charge in [-0.3, -0.25) is 0 Å². The third-order valence-electron chi connectivity index (χ3n) is 0.870. The molecule has 0 saturated carbocycles. The molecule has 0 heterocycles. The van der Waals surface area contributed by atoms with E-state index in [1.54, 1.807) is 0 Å². The lowest BCUT2D eigenvalue weighted by molar-refractivity contribution is 0.628. The Morgan fingerprint density at radius 2 is 1.42 bits per heavy atom. The van der Waals surface area contributed by atoms with E-state index in [4.69, 9.17) is 38.0 Å². The summed E-state index contributed by atoms with van der Waals surface area (Å²) in [7, 11) is 20.1. The summed E-state index contributed by atoms with van der Waals surface area (Å²) in [5.74, 6) is -0.251. The van der Waals surface area contributed by atoms with Gasteiger partial charge in [-0.05, 0) is 12.1 Å². The van der Waals surface area contributed by atoms with Gasteiger partial charge in [-0.15, -0.1) is 0 Å². The molecule has 0 aromatic heterocycles. The normalized spacial score (nSPS) is 8.33. The molecule has 2 radical (unpaired) electrons. The molecule has 62 valence electrons. The minimum Gasteiger partial charge on any atom is -0.214 e. The van der Waals surface area contributed by atoms with Crippen molar-refractivity contribution in [2.24, 2.45) is 0 Å². The standard InChI is InChI=1S/C6H4BF.Al.3ClH/c7-5-1-3-6(8)4-2-5;;;;/h1-4H;;3*1H/q;+3;;;/p-3. The van der Waals surface area contributed by atoms with E-state index in [0.717, 1.165) is 0 Å². The molecule has 12 heavy (non-hydrogen) atoms. The maximum atomic E-state index is 12.0. The predicted molar refractivity (Wildman–Crippen MR) is 55.1 cm³/mol. The summed E-state index contributed by atoms with van der Waals surface area (Å²) in [6.45, 7) is 0. The molecule has 0 atom stereocenters. The maximum absolute atomic E-state index is 12.0. The first-order chi connectivity index (χ1) is 5.52. The van der Waals surface area contributed by atoms with E-state index in [1.165, 1.54) is 24.3 Å². The Kier molecular flexibility index (Phi) is 7.43. The molecule has 1 aromatic carbocycles. The fraction of sp³-hybridized carbons (Fsp3) is 0. The number of halogens is 4. The van der Waals surface area contributed by atoms with Crippen molar-refractivity contribution in [1.82, 2.24) is 0 Å². The van der Waals surface area contributed by atoms with Gasteiger partial charge in [-0.2, -0.15) is 0 Å². The number of hydrogen-bond donors (Lipinski definition) is 0. The summed E-state index contributed by atoms with van der Waals surface area (Å²) >= 11 is -1.72. The van der Waals surface area contributed by atoms with Gasteiger partial charge >= 0.3 is 11.4 Å². The molecule has 0 nitrogen and oxygen atoms in total. The summed E-state index contributed by atoms with van der Waals surface area (Å²) in [4.78, 5) is 0. The first-order valence-corrected chi connectivity index (χ1v) is 8.19. The Hall–Kier alpha value is 0.617. The van der Waals surface area contributed by atoms with Crippen LogP contribution in [0.3, 0.4) is 0 Å². The zero-order chi connectivity index (χ0) is 9.56. The van der Waals surface area contributed by atoms with Gasteiger partial charge in [0.05, 0.1) is 0 Å². The third-order valence-corrected chi connectivity index (χ3v) is 0.870. The Morgan fingerprint density at radius 3 is 1.67 bits per heavy atom. The van der Waals surface area contributed by atoms with Crippen molar-refractivity contribution in [3.8, 4) is 0 Å². The van der Waals surface area contributed by atoms with Crippen molar-refractivity contribution in [1.29, 1.82) is 0 Å². The van der Waals surface area contributed by atoms with E-state index in [1.807, 2.05) is 0 Å². The summed E-state index contributed by atoms with van der Waals surface area (Å²) < 4.78 is 12.0. The minimum atomic E-state index is -1.72. The van der Waals surface area contributed by atoms with Crippen molar-refractivity contribution < 1.29 is 4.39 Å². The molecular formula is C6H4AlBCl3F. The highest BCUT2D eigenvalue weighted by atomic mass is 35.8. The molecule has 0 fully saturated rings. The van der Waals surface area contributed by atoms with Crippen LogP contribution in [0.15, 0.2) is 24.3 Å². The smallest absolute Gasteiger partial charge is 0.214 e. The molecule has 0 N–H and O–H groups in total. The molecule has 0 bridgehead atoms. The zero-order valence-corrected chi connectivity index (χ0v) is 9.40. The molecular weight excluding hydrogens is 235 g/mol. The minimum absolute atomic E-state index is 0.251. The summed E-state index contributed by atoms with van der Waals surface area (Å²) in [5.41, 5.74) is 0.589. The quantitative estimate of drug-likeness (QED) is 0.609. The molecule has 0 unspecified atom stereocenters. The van der Waals surface area contributed by atoms with Crippen molar-refractivity contribution in [3.05, 3.63) is 30.1 Å². The van der Waals surface area contributed by atoms with Gasteiger partial charge in [-0.1, -0.05) is 17.6 Å². The van der Waals surface area contributed by atoms with Crippen LogP contribution >= 0.6 is 30.1 Å². The largest absolute Gasteiger partial charge is 0.643 e. The lowest BCUT2D eigenvalue weighted by Crippen LogP contribution is -1.98. The fourth-order valence-electron chi connectivity index (χ4n) is 0.463. The third kappa shape index (κ3) is 8.71. The monoisotopic (exact) mass is 238 g/mol. The van der Waals surface area contributed by atoms with Gasteiger partial charge < -0.3 is 0 Å². The zero-order valence-electron chi connectivity index (χ0n) is 5.98. The highest BCUT2D eigenvalue weighted by molar-refractivity contribution is 7.54. The first kappa shape index (κ1) is 12.6. The van der Waals surface area contributed by atoms with Crippen molar-refractivity contribution >= 4 is 54.8 Å². The average molecular weight is 239 g/mol. The van der Waals surface area contributed by atoms with Crippen molar-refractivity contribution in [3.63, 3.8) is 0 Å². The van der Waals surface area contributed by atoms with Crippen LogP contribution in [0.2, 0.25) is 0 Å². The van der Waals surface area contributed by atoms with E-state index >= 15 is 0 Å². The Balaban J connectivity index is 0.000000261. The summed E-state index contributed by atoms with van der Waals surface area (Å²) in [6, 6.07) is 5.70. The fourth-order valence-corrected chi connectivity index (χ4v) is 0.463. The first-order valence-electron chi connectivity index (χ1n) is 2.95. The Morgan fingerprint density at radius 1 is 1.08 bits per heavy atom. The number of hydrogen-bond acceptors (Lipinski definition) is 0. The Labute approximate surface area is 89.0 Å². The number of rotatable bonds is 0. The Bertz CT molecular complexity index is 193. The summed E-state index contributed by atoms with van der Waals surface area (Å²) in [5, 5.41) is 0. The molecule has 1 aromatic rings. The molecule has 0 amide bonds. The van der Waals surface area contributed by atoms with Crippen LogP contribution < -0.4 is 5.46 Å². The van der Waals surface area contributed by atoms with E-state index in [-0.39, 0.29) is 5.82 Å².